The highest BCUT2D eigenvalue weighted by Crippen LogP contribution is 2.28. The quantitative estimate of drug-likeness (QED) is 0.455. The summed E-state index contributed by atoms with van der Waals surface area (Å²) in [7, 11) is 0. The summed E-state index contributed by atoms with van der Waals surface area (Å²) in [5.74, 6) is 0. The van der Waals surface area contributed by atoms with Crippen LogP contribution in [0, 0.1) is 0 Å². The standard InChI is InChI=1S/C19H28N2O6/c1-12(2)5-4-6-13(3)8-10-26-11-14-16(23)17(24)18(27-14)21-9-7-15(22)20-19(21)25/h5,7-9,14,16-18,23-24H,4,6,10-11H2,1-3H3,(H,20,22,25). The highest BCUT2D eigenvalue weighted by molar-refractivity contribution is 5.02. The zero-order valence-electron chi connectivity index (χ0n) is 15.9. The van der Waals surface area contributed by atoms with Gasteiger partial charge in [0.1, 0.15) is 18.3 Å². The number of H-pyrrole nitrogens is 1. The average Bonchev–Trinajstić information content (AvgIpc) is 2.87. The molecule has 4 atom stereocenters. The van der Waals surface area contributed by atoms with Crippen molar-refractivity contribution in [3.05, 3.63) is 56.4 Å². The molecule has 1 fully saturated rings. The Hall–Kier alpha value is -2.00. The minimum atomic E-state index is -1.30. The molecule has 0 aliphatic carbocycles. The molecule has 8 nitrogen and oxygen atoms in total. The van der Waals surface area contributed by atoms with Gasteiger partial charge in [-0.05, 0) is 33.6 Å². The van der Waals surface area contributed by atoms with Crippen LogP contribution >= 0.6 is 0 Å². The lowest BCUT2D eigenvalue weighted by Crippen LogP contribution is -2.37. The smallest absolute Gasteiger partial charge is 0.330 e. The lowest BCUT2D eigenvalue weighted by atomic mass is 10.1. The molecule has 2 heterocycles. The molecule has 3 N–H and O–H groups in total. The molecule has 1 saturated heterocycles. The molecular weight excluding hydrogens is 352 g/mol. The van der Waals surface area contributed by atoms with Gasteiger partial charge in [0.15, 0.2) is 6.23 Å². The molecule has 1 aromatic heterocycles. The Bertz CT molecular complexity index is 790. The number of hydrogen-bond acceptors (Lipinski definition) is 6. The van der Waals surface area contributed by atoms with Gasteiger partial charge in [0.05, 0.1) is 13.2 Å². The molecular formula is C19H28N2O6. The third kappa shape index (κ3) is 6.00. The van der Waals surface area contributed by atoms with Crippen molar-refractivity contribution in [3.63, 3.8) is 0 Å². The summed E-state index contributed by atoms with van der Waals surface area (Å²) >= 11 is 0. The summed E-state index contributed by atoms with van der Waals surface area (Å²) in [5.41, 5.74) is 1.24. The number of aliphatic hydroxyl groups excluding tert-OH is 2. The molecule has 1 aliphatic rings. The highest BCUT2D eigenvalue weighted by Gasteiger charge is 2.44. The summed E-state index contributed by atoms with van der Waals surface area (Å²) in [6.07, 6.45) is 2.96. The molecule has 0 radical (unpaired) electrons. The minimum absolute atomic E-state index is 0.0740. The second-order valence-corrected chi connectivity index (χ2v) is 6.97. The van der Waals surface area contributed by atoms with Crippen LogP contribution in [0.2, 0.25) is 0 Å². The first-order valence-corrected chi connectivity index (χ1v) is 8.99. The fraction of sp³-hybridized carbons (Fsp3) is 0.579. The van der Waals surface area contributed by atoms with E-state index in [0.29, 0.717) is 6.61 Å². The largest absolute Gasteiger partial charge is 0.387 e. The fourth-order valence-electron chi connectivity index (χ4n) is 2.80. The predicted octanol–water partition coefficient (Wildman–Crippen LogP) is 0.865. The summed E-state index contributed by atoms with van der Waals surface area (Å²) in [6.45, 7) is 6.61. The fourth-order valence-corrected chi connectivity index (χ4v) is 2.80. The van der Waals surface area contributed by atoms with Gasteiger partial charge in [-0.3, -0.25) is 14.3 Å². The van der Waals surface area contributed by atoms with Crippen molar-refractivity contribution in [3.8, 4) is 0 Å². The van der Waals surface area contributed by atoms with Crippen LogP contribution in [0.1, 0.15) is 39.8 Å². The Morgan fingerprint density at radius 3 is 2.67 bits per heavy atom. The highest BCUT2D eigenvalue weighted by atomic mass is 16.6. The van der Waals surface area contributed by atoms with Crippen molar-refractivity contribution in [2.45, 2.75) is 58.2 Å². The molecule has 0 bridgehead atoms. The van der Waals surface area contributed by atoms with E-state index in [1.165, 1.54) is 17.3 Å². The van der Waals surface area contributed by atoms with Crippen LogP contribution in [0.25, 0.3) is 0 Å². The SMILES string of the molecule is CC(C)=CCCC(C)=CCOCC1OC(n2ccc(=O)[nH]c2=O)C(O)C1O. The van der Waals surface area contributed by atoms with Crippen molar-refractivity contribution in [2.24, 2.45) is 0 Å². The molecule has 2 rings (SSSR count). The molecule has 8 heteroatoms. The number of hydrogen-bond donors (Lipinski definition) is 3. The Labute approximate surface area is 157 Å². The Morgan fingerprint density at radius 1 is 1.26 bits per heavy atom. The Kier molecular flexibility index (Phi) is 7.73. The van der Waals surface area contributed by atoms with Gasteiger partial charge < -0.3 is 19.7 Å². The number of nitrogens with zero attached hydrogens (tertiary/aromatic N) is 1. The summed E-state index contributed by atoms with van der Waals surface area (Å²) < 4.78 is 12.2. The van der Waals surface area contributed by atoms with E-state index in [2.05, 4.69) is 24.9 Å². The van der Waals surface area contributed by atoms with Gasteiger partial charge in [-0.2, -0.15) is 0 Å². The van der Waals surface area contributed by atoms with Crippen molar-refractivity contribution in [2.75, 3.05) is 13.2 Å². The third-order valence-corrected chi connectivity index (χ3v) is 4.39. The van der Waals surface area contributed by atoms with Crippen LogP contribution in [0.5, 0.6) is 0 Å². The molecule has 1 aliphatic heterocycles. The minimum Gasteiger partial charge on any atom is -0.387 e. The molecule has 0 aromatic carbocycles. The van der Waals surface area contributed by atoms with Crippen molar-refractivity contribution in [1.29, 1.82) is 0 Å². The predicted molar refractivity (Wildman–Crippen MR) is 100 cm³/mol. The number of aromatic nitrogens is 2. The van der Waals surface area contributed by atoms with E-state index >= 15 is 0 Å². The second-order valence-electron chi connectivity index (χ2n) is 6.97. The van der Waals surface area contributed by atoms with E-state index in [0.717, 1.165) is 23.5 Å². The van der Waals surface area contributed by atoms with Gasteiger partial charge in [-0.25, -0.2) is 4.79 Å². The summed E-state index contributed by atoms with van der Waals surface area (Å²) in [4.78, 5) is 25.1. The van der Waals surface area contributed by atoms with Crippen LogP contribution in [-0.2, 0) is 9.47 Å². The van der Waals surface area contributed by atoms with E-state index in [9.17, 15) is 19.8 Å². The molecule has 150 valence electrons. The van der Waals surface area contributed by atoms with Gasteiger partial charge in [0.2, 0.25) is 0 Å². The number of aromatic amines is 1. The van der Waals surface area contributed by atoms with Crippen molar-refractivity contribution < 1.29 is 19.7 Å². The first-order chi connectivity index (χ1) is 12.8. The molecule has 4 unspecified atom stereocenters. The number of allylic oxidation sites excluding steroid dienone is 3. The molecule has 0 amide bonds. The normalized spacial score (nSPS) is 25.6. The maximum absolute atomic E-state index is 11.8. The van der Waals surface area contributed by atoms with Crippen molar-refractivity contribution in [1.82, 2.24) is 9.55 Å². The van der Waals surface area contributed by atoms with Gasteiger partial charge in [0.25, 0.3) is 5.56 Å². The monoisotopic (exact) mass is 380 g/mol. The van der Waals surface area contributed by atoms with Crippen LogP contribution < -0.4 is 11.2 Å². The zero-order chi connectivity index (χ0) is 20.0. The Balaban J connectivity index is 1.86. The van der Waals surface area contributed by atoms with E-state index in [1.54, 1.807) is 0 Å². The van der Waals surface area contributed by atoms with Gasteiger partial charge >= 0.3 is 5.69 Å². The van der Waals surface area contributed by atoms with Crippen LogP contribution in [0.15, 0.2) is 45.2 Å². The van der Waals surface area contributed by atoms with Crippen LogP contribution in [-0.4, -0.2) is 51.3 Å². The summed E-state index contributed by atoms with van der Waals surface area (Å²) in [5, 5.41) is 20.3. The van der Waals surface area contributed by atoms with Crippen molar-refractivity contribution >= 4 is 0 Å². The molecule has 0 spiro atoms. The first-order valence-electron chi connectivity index (χ1n) is 8.99. The molecule has 0 saturated carbocycles. The first kappa shape index (κ1) is 21.3. The Morgan fingerprint density at radius 2 is 2.00 bits per heavy atom. The zero-order valence-corrected chi connectivity index (χ0v) is 15.9. The van der Waals surface area contributed by atoms with E-state index in [4.69, 9.17) is 9.47 Å². The third-order valence-electron chi connectivity index (χ3n) is 4.39. The number of ether oxygens (including phenoxy) is 2. The molecule has 27 heavy (non-hydrogen) atoms. The van der Waals surface area contributed by atoms with Gasteiger partial charge in [-0.1, -0.05) is 23.3 Å². The van der Waals surface area contributed by atoms with Gasteiger partial charge in [0, 0.05) is 12.3 Å². The number of aliphatic hydroxyl groups is 2. The van der Waals surface area contributed by atoms with Gasteiger partial charge in [-0.15, -0.1) is 0 Å². The number of nitrogens with one attached hydrogen (secondary N) is 1. The second kappa shape index (κ2) is 9.80. The average molecular weight is 380 g/mol. The van der Waals surface area contributed by atoms with Crippen LogP contribution in [0.3, 0.4) is 0 Å². The maximum atomic E-state index is 11.8. The molecule has 1 aromatic rings. The van der Waals surface area contributed by atoms with Crippen LogP contribution in [0.4, 0.5) is 0 Å². The van der Waals surface area contributed by atoms with E-state index < -0.39 is 35.8 Å². The lowest BCUT2D eigenvalue weighted by molar-refractivity contribution is -0.0652. The van der Waals surface area contributed by atoms with E-state index in [-0.39, 0.29) is 6.61 Å². The summed E-state index contributed by atoms with van der Waals surface area (Å²) in [6, 6.07) is 1.15. The lowest BCUT2D eigenvalue weighted by Gasteiger charge is -2.16. The van der Waals surface area contributed by atoms with E-state index in [1.807, 2.05) is 13.0 Å². The topological polar surface area (TPSA) is 114 Å². The number of rotatable bonds is 8. The maximum Gasteiger partial charge on any atom is 0.330 e.